The summed E-state index contributed by atoms with van der Waals surface area (Å²) < 4.78 is 0. The molecule has 0 bridgehead atoms. The maximum absolute atomic E-state index is 5.70. The van der Waals surface area contributed by atoms with Crippen molar-refractivity contribution in [3.8, 4) is 0 Å². The maximum Gasteiger partial charge on any atom is 0.0552 e. The zero-order valence-corrected chi connectivity index (χ0v) is 7.61. The predicted molar refractivity (Wildman–Crippen MR) is 50.6 cm³/mol. The second-order valence-electron chi connectivity index (χ2n) is 2.40. The lowest BCUT2D eigenvalue weighted by Crippen LogP contribution is -1.96. The molecule has 0 aromatic carbocycles. The van der Waals surface area contributed by atoms with Gasteiger partial charge in [0.05, 0.1) is 5.69 Å². The highest BCUT2D eigenvalue weighted by Crippen LogP contribution is 2.16. The van der Waals surface area contributed by atoms with E-state index in [1.807, 2.05) is 13.0 Å². The predicted octanol–water partition coefficient (Wildman–Crippen LogP) is 1.84. The van der Waals surface area contributed by atoms with Gasteiger partial charge in [0, 0.05) is 17.6 Å². The number of pyridine rings is 1. The van der Waals surface area contributed by atoms with Gasteiger partial charge in [-0.25, -0.2) is 0 Å². The molecule has 3 heteroatoms. The Hall–Kier alpha value is -0.700. The monoisotopic (exact) mass is 168 g/mol. The molecule has 1 rings (SSSR count). The van der Waals surface area contributed by atoms with Crippen LogP contribution in [-0.2, 0) is 5.75 Å². The number of anilines is 1. The van der Waals surface area contributed by atoms with Gasteiger partial charge in [0.25, 0.3) is 0 Å². The van der Waals surface area contributed by atoms with Gasteiger partial charge in [0.15, 0.2) is 0 Å². The molecule has 2 nitrogen and oxygen atoms in total. The van der Waals surface area contributed by atoms with E-state index >= 15 is 0 Å². The van der Waals surface area contributed by atoms with Crippen LogP contribution in [0.25, 0.3) is 0 Å². The van der Waals surface area contributed by atoms with E-state index in [9.17, 15) is 0 Å². The van der Waals surface area contributed by atoms with Crippen LogP contribution in [0.2, 0.25) is 0 Å². The molecule has 0 amide bonds. The summed E-state index contributed by atoms with van der Waals surface area (Å²) in [7, 11) is 0. The van der Waals surface area contributed by atoms with Gasteiger partial charge >= 0.3 is 0 Å². The Morgan fingerprint density at radius 2 is 2.36 bits per heavy atom. The molecule has 0 atom stereocenters. The van der Waals surface area contributed by atoms with Crippen LogP contribution in [-0.4, -0.2) is 11.2 Å². The summed E-state index contributed by atoms with van der Waals surface area (Å²) in [4.78, 5) is 4.23. The first-order valence-corrected chi connectivity index (χ1v) is 4.84. The van der Waals surface area contributed by atoms with E-state index < -0.39 is 0 Å². The van der Waals surface area contributed by atoms with Crippen LogP contribution in [0.1, 0.15) is 11.3 Å². The fraction of sp³-hybridized carbons (Fsp3) is 0.375. The number of nitrogens with zero attached hydrogens (tertiary/aromatic N) is 1. The molecule has 0 saturated heterocycles. The molecule has 0 radical (unpaired) electrons. The lowest BCUT2D eigenvalue weighted by Gasteiger charge is -2.04. The molecule has 60 valence electrons. The quantitative estimate of drug-likeness (QED) is 0.732. The minimum absolute atomic E-state index is 0.837. The molecule has 1 aromatic rings. The number of thioether (sulfide) groups is 1. The smallest absolute Gasteiger partial charge is 0.0552 e. The molecular formula is C8H12N2S. The lowest BCUT2D eigenvalue weighted by atomic mass is 10.2. The van der Waals surface area contributed by atoms with Gasteiger partial charge in [0.2, 0.25) is 0 Å². The highest BCUT2D eigenvalue weighted by Gasteiger charge is 2.00. The van der Waals surface area contributed by atoms with Crippen molar-refractivity contribution >= 4 is 17.4 Å². The van der Waals surface area contributed by atoms with Gasteiger partial charge in [-0.05, 0) is 24.8 Å². The highest BCUT2D eigenvalue weighted by molar-refractivity contribution is 7.97. The molecule has 0 unspecified atom stereocenters. The van der Waals surface area contributed by atoms with Crippen LogP contribution in [0, 0.1) is 6.92 Å². The first-order chi connectivity index (χ1) is 5.25. The second-order valence-corrected chi connectivity index (χ2v) is 3.27. The Morgan fingerprint density at radius 3 is 3.00 bits per heavy atom. The van der Waals surface area contributed by atoms with E-state index in [-0.39, 0.29) is 0 Å². The zero-order chi connectivity index (χ0) is 8.27. The molecule has 0 fully saturated rings. The molecule has 2 N–H and O–H groups in total. The van der Waals surface area contributed by atoms with E-state index in [4.69, 9.17) is 5.73 Å². The fourth-order valence-electron chi connectivity index (χ4n) is 0.878. The van der Waals surface area contributed by atoms with Crippen molar-refractivity contribution in [2.24, 2.45) is 0 Å². The Bertz CT molecular complexity index is 248. The normalized spacial score (nSPS) is 10.0. The Morgan fingerprint density at radius 1 is 1.64 bits per heavy atom. The van der Waals surface area contributed by atoms with Crippen molar-refractivity contribution in [1.82, 2.24) is 4.98 Å². The van der Waals surface area contributed by atoms with Crippen LogP contribution >= 0.6 is 11.8 Å². The number of nitrogen functional groups attached to an aromatic ring is 1. The number of rotatable bonds is 2. The number of nitrogens with two attached hydrogens (primary N) is 1. The minimum atomic E-state index is 0.837. The largest absolute Gasteiger partial charge is 0.398 e. The summed E-state index contributed by atoms with van der Waals surface area (Å²) in [5, 5.41) is 0. The standard InChI is InChI=1S/C8H12N2S/c1-6-7(9)3-4-10-8(6)5-11-2/h3-4H,5H2,1-2H3,(H2,9,10). The summed E-state index contributed by atoms with van der Waals surface area (Å²) in [5.74, 6) is 0.941. The Labute approximate surface area is 71.2 Å². The van der Waals surface area contributed by atoms with Gasteiger partial charge < -0.3 is 5.73 Å². The average Bonchev–Trinajstić information content (AvgIpc) is 1.99. The van der Waals surface area contributed by atoms with Gasteiger partial charge in [-0.2, -0.15) is 11.8 Å². The zero-order valence-electron chi connectivity index (χ0n) is 6.79. The molecule has 1 aromatic heterocycles. The third kappa shape index (κ3) is 1.87. The molecular weight excluding hydrogens is 156 g/mol. The van der Waals surface area contributed by atoms with Gasteiger partial charge in [-0.1, -0.05) is 0 Å². The lowest BCUT2D eigenvalue weighted by molar-refractivity contribution is 1.13. The summed E-state index contributed by atoms with van der Waals surface area (Å²) in [6, 6.07) is 1.83. The second kappa shape index (κ2) is 3.62. The molecule has 0 spiro atoms. The van der Waals surface area contributed by atoms with E-state index in [1.54, 1.807) is 18.0 Å². The minimum Gasteiger partial charge on any atom is -0.398 e. The van der Waals surface area contributed by atoms with Crippen molar-refractivity contribution in [2.75, 3.05) is 12.0 Å². The molecule has 11 heavy (non-hydrogen) atoms. The maximum atomic E-state index is 5.70. The molecule has 0 aliphatic rings. The number of hydrogen-bond donors (Lipinski definition) is 1. The topological polar surface area (TPSA) is 38.9 Å². The summed E-state index contributed by atoms with van der Waals surface area (Å²) >= 11 is 1.76. The average molecular weight is 168 g/mol. The van der Waals surface area contributed by atoms with Crippen molar-refractivity contribution in [2.45, 2.75) is 12.7 Å². The first kappa shape index (κ1) is 8.40. The molecule has 0 saturated carbocycles. The van der Waals surface area contributed by atoms with Gasteiger partial charge in [-0.15, -0.1) is 0 Å². The summed E-state index contributed by atoms with van der Waals surface area (Å²) in [6.07, 6.45) is 3.82. The Balaban J connectivity index is 2.96. The van der Waals surface area contributed by atoms with Crippen LogP contribution in [0.3, 0.4) is 0 Å². The number of aromatic nitrogens is 1. The first-order valence-electron chi connectivity index (χ1n) is 3.44. The van der Waals surface area contributed by atoms with Crippen molar-refractivity contribution in [1.29, 1.82) is 0 Å². The van der Waals surface area contributed by atoms with Crippen LogP contribution in [0.4, 0.5) is 5.69 Å². The van der Waals surface area contributed by atoms with Gasteiger partial charge in [-0.3, -0.25) is 4.98 Å². The Kier molecular flexibility index (Phi) is 2.76. The molecule has 0 aliphatic carbocycles. The van der Waals surface area contributed by atoms with E-state index in [2.05, 4.69) is 11.2 Å². The fourth-order valence-corrected chi connectivity index (χ4v) is 1.44. The highest BCUT2D eigenvalue weighted by atomic mass is 32.2. The summed E-state index contributed by atoms with van der Waals surface area (Å²) in [6.45, 7) is 2.01. The van der Waals surface area contributed by atoms with Crippen molar-refractivity contribution in [3.63, 3.8) is 0 Å². The summed E-state index contributed by atoms with van der Waals surface area (Å²) in [5.41, 5.74) is 8.75. The molecule has 0 aliphatic heterocycles. The van der Waals surface area contributed by atoms with Gasteiger partial charge in [0.1, 0.15) is 0 Å². The molecule has 1 heterocycles. The van der Waals surface area contributed by atoms with Crippen LogP contribution < -0.4 is 5.73 Å². The van der Waals surface area contributed by atoms with Crippen LogP contribution in [0.5, 0.6) is 0 Å². The van der Waals surface area contributed by atoms with E-state index in [0.717, 1.165) is 22.7 Å². The van der Waals surface area contributed by atoms with Crippen molar-refractivity contribution in [3.05, 3.63) is 23.5 Å². The van der Waals surface area contributed by atoms with E-state index in [1.165, 1.54) is 0 Å². The number of hydrogen-bond acceptors (Lipinski definition) is 3. The SMILES string of the molecule is CSCc1nccc(N)c1C. The van der Waals surface area contributed by atoms with E-state index in [0.29, 0.717) is 0 Å². The van der Waals surface area contributed by atoms with Crippen molar-refractivity contribution < 1.29 is 0 Å². The third-order valence-corrected chi connectivity index (χ3v) is 2.19. The third-order valence-electron chi connectivity index (χ3n) is 1.63. The van der Waals surface area contributed by atoms with Crippen LogP contribution in [0.15, 0.2) is 12.3 Å².